The van der Waals surface area contributed by atoms with E-state index in [-0.39, 0.29) is 5.56 Å². The molecule has 72 valence electrons. The molecule has 14 heavy (non-hydrogen) atoms. The van der Waals surface area contributed by atoms with E-state index in [1.165, 1.54) is 11.0 Å². The molecule has 2 rings (SSSR count). The highest BCUT2D eigenvalue weighted by Gasteiger charge is 1.97. The summed E-state index contributed by atoms with van der Waals surface area (Å²) >= 11 is 0. The van der Waals surface area contributed by atoms with Crippen LogP contribution >= 0.6 is 0 Å². The molecule has 1 aromatic carbocycles. The van der Waals surface area contributed by atoms with E-state index < -0.39 is 0 Å². The van der Waals surface area contributed by atoms with Crippen LogP contribution in [0, 0.1) is 0 Å². The number of rotatable bonds is 2. The Morgan fingerprint density at radius 3 is 2.57 bits per heavy atom. The van der Waals surface area contributed by atoms with Gasteiger partial charge in [0.2, 0.25) is 0 Å². The minimum atomic E-state index is -0.221. The summed E-state index contributed by atoms with van der Waals surface area (Å²) in [6.07, 6.45) is 1.23. The Balaban J connectivity index is 2.38. The number of ether oxygens (including phenoxy) is 1. The van der Waals surface area contributed by atoms with Gasteiger partial charge in [-0.1, -0.05) is 0 Å². The first kappa shape index (κ1) is 8.55. The molecule has 0 aliphatic heterocycles. The average Bonchev–Trinajstić information content (AvgIpc) is 2.65. The predicted octanol–water partition coefficient (Wildman–Crippen LogP) is 0.569. The van der Waals surface area contributed by atoms with Crippen LogP contribution in [0.5, 0.6) is 5.75 Å². The van der Waals surface area contributed by atoms with Gasteiger partial charge in [-0.05, 0) is 24.3 Å². The Labute approximate surface area is 79.9 Å². The molecule has 2 aromatic rings. The monoisotopic (exact) mass is 191 g/mol. The van der Waals surface area contributed by atoms with Crippen molar-refractivity contribution in [2.75, 3.05) is 7.11 Å². The van der Waals surface area contributed by atoms with Crippen LogP contribution in [0.15, 0.2) is 35.3 Å². The lowest BCUT2D eigenvalue weighted by atomic mass is 10.3. The van der Waals surface area contributed by atoms with Crippen molar-refractivity contribution in [3.63, 3.8) is 0 Å². The number of nitrogens with zero attached hydrogens (tertiary/aromatic N) is 2. The summed E-state index contributed by atoms with van der Waals surface area (Å²) in [5.41, 5.74) is 0.564. The number of benzene rings is 1. The van der Waals surface area contributed by atoms with E-state index in [4.69, 9.17) is 4.74 Å². The molecular weight excluding hydrogens is 182 g/mol. The molecule has 0 aliphatic carbocycles. The Hall–Kier alpha value is -2.04. The Morgan fingerprint density at radius 2 is 2.07 bits per heavy atom. The molecule has 0 saturated heterocycles. The highest BCUT2D eigenvalue weighted by Crippen LogP contribution is 2.12. The summed E-state index contributed by atoms with van der Waals surface area (Å²) in [4.78, 5) is 12.2. The lowest BCUT2D eigenvalue weighted by Gasteiger charge is -2.01. The Kier molecular flexibility index (Phi) is 2.06. The third-order valence-electron chi connectivity index (χ3n) is 1.82. The van der Waals surface area contributed by atoms with Crippen molar-refractivity contribution in [1.29, 1.82) is 0 Å². The fourth-order valence-electron chi connectivity index (χ4n) is 1.13. The van der Waals surface area contributed by atoms with Gasteiger partial charge in [-0.3, -0.25) is 4.79 Å². The molecule has 0 atom stereocenters. The van der Waals surface area contributed by atoms with Crippen LogP contribution in [0.2, 0.25) is 0 Å². The fourth-order valence-corrected chi connectivity index (χ4v) is 1.13. The second-order valence-electron chi connectivity index (χ2n) is 2.73. The number of aromatic amines is 1. The van der Waals surface area contributed by atoms with E-state index in [0.29, 0.717) is 0 Å². The maximum absolute atomic E-state index is 10.8. The SMILES string of the molecule is COc1ccc(-n2ncc(=O)[nH]2)cc1. The van der Waals surface area contributed by atoms with Gasteiger partial charge < -0.3 is 4.74 Å². The van der Waals surface area contributed by atoms with E-state index >= 15 is 0 Å². The third-order valence-corrected chi connectivity index (χ3v) is 1.82. The van der Waals surface area contributed by atoms with Gasteiger partial charge in [0.1, 0.15) is 11.9 Å². The number of methoxy groups -OCH3 is 1. The summed E-state index contributed by atoms with van der Waals surface area (Å²) in [7, 11) is 1.60. The van der Waals surface area contributed by atoms with Crippen LogP contribution < -0.4 is 10.3 Å². The quantitative estimate of drug-likeness (QED) is 0.754. The van der Waals surface area contributed by atoms with Gasteiger partial charge in [0.05, 0.1) is 12.8 Å². The van der Waals surface area contributed by atoms with Crippen LogP contribution in [0.25, 0.3) is 5.69 Å². The zero-order valence-corrected chi connectivity index (χ0v) is 7.60. The normalized spacial score (nSPS) is 10.1. The average molecular weight is 191 g/mol. The molecule has 0 unspecified atom stereocenters. The van der Waals surface area contributed by atoms with Crippen molar-refractivity contribution in [1.82, 2.24) is 15.0 Å². The maximum atomic E-state index is 10.8. The molecule has 1 N–H and O–H groups in total. The van der Waals surface area contributed by atoms with Crippen LogP contribution in [0.4, 0.5) is 0 Å². The van der Waals surface area contributed by atoms with Crippen molar-refractivity contribution < 1.29 is 4.74 Å². The molecular formula is C9H9N3O2. The van der Waals surface area contributed by atoms with E-state index in [1.54, 1.807) is 19.2 Å². The number of hydrogen-bond acceptors (Lipinski definition) is 3. The maximum Gasteiger partial charge on any atom is 0.284 e. The lowest BCUT2D eigenvalue weighted by molar-refractivity contribution is 0.414. The standard InChI is InChI=1S/C9H9N3O2/c1-14-8-4-2-7(3-5-8)12-10-6-9(13)11-12/h2-6H,1H3,(H,11,13). The van der Waals surface area contributed by atoms with Crippen molar-refractivity contribution >= 4 is 0 Å². The minimum absolute atomic E-state index is 0.221. The third kappa shape index (κ3) is 1.52. The van der Waals surface area contributed by atoms with E-state index in [1.807, 2.05) is 12.1 Å². The Morgan fingerprint density at radius 1 is 1.36 bits per heavy atom. The fraction of sp³-hybridized carbons (Fsp3) is 0.111. The number of aromatic nitrogens is 3. The zero-order chi connectivity index (χ0) is 9.97. The second kappa shape index (κ2) is 3.37. The van der Waals surface area contributed by atoms with Gasteiger partial charge in [0, 0.05) is 0 Å². The first-order valence-corrected chi connectivity index (χ1v) is 4.08. The van der Waals surface area contributed by atoms with Crippen molar-refractivity contribution in [3.8, 4) is 11.4 Å². The highest BCUT2D eigenvalue weighted by molar-refractivity contribution is 5.35. The van der Waals surface area contributed by atoms with Gasteiger partial charge in [-0.15, -0.1) is 0 Å². The van der Waals surface area contributed by atoms with Crippen LogP contribution in [0.3, 0.4) is 0 Å². The van der Waals surface area contributed by atoms with E-state index in [2.05, 4.69) is 10.2 Å². The topological polar surface area (TPSA) is 59.9 Å². The van der Waals surface area contributed by atoms with Gasteiger partial charge in [-0.25, -0.2) is 5.10 Å². The zero-order valence-electron chi connectivity index (χ0n) is 7.60. The van der Waals surface area contributed by atoms with Gasteiger partial charge in [0.25, 0.3) is 5.56 Å². The number of H-pyrrole nitrogens is 1. The summed E-state index contributed by atoms with van der Waals surface area (Å²) in [6.45, 7) is 0. The first-order chi connectivity index (χ1) is 6.79. The lowest BCUT2D eigenvalue weighted by Crippen LogP contribution is -2.03. The van der Waals surface area contributed by atoms with Gasteiger partial charge in [-0.2, -0.15) is 9.90 Å². The molecule has 0 fully saturated rings. The van der Waals surface area contributed by atoms with Gasteiger partial charge in [0.15, 0.2) is 0 Å². The summed E-state index contributed by atoms with van der Waals surface area (Å²) < 4.78 is 5.01. The van der Waals surface area contributed by atoms with E-state index in [0.717, 1.165) is 11.4 Å². The molecule has 0 aliphatic rings. The molecule has 1 aromatic heterocycles. The largest absolute Gasteiger partial charge is 0.497 e. The van der Waals surface area contributed by atoms with Crippen LogP contribution in [-0.2, 0) is 0 Å². The first-order valence-electron chi connectivity index (χ1n) is 4.08. The second-order valence-corrected chi connectivity index (χ2v) is 2.73. The minimum Gasteiger partial charge on any atom is -0.497 e. The number of hydrogen-bond donors (Lipinski definition) is 1. The Bertz CT molecular complexity index is 469. The highest BCUT2D eigenvalue weighted by atomic mass is 16.5. The summed E-state index contributed by atoms with van der Waals surface area (Å²) in [6, 6.07) is 7.22. The van der Waals surface area contributed by atoms with Crippen molar-refractivity contribution in [3.05, 3.63) is 40.8 Å². The molecule has 0 spiro atoms. The summed E-state index contributed by atoms with van der Waals surface area (Å²) in [5, 5.41) is 6.39. The predicted molar refractivity (Wildman–Crippen MR) is 50.7 cm³/mol. The molecule has 0 saturated carbocycles. The van der Waals surface area contributed by atoms with Crippen molar-refractivity contribution in [2.24, 2.45) is 0 Å². The molecule has 0 bridgehead atoms. The van der Waals surface area contributed by atoms with Crippen LogP contribution in [-0.4, -0.2) is 22.1 Å². The molecule has 1 heterocycles. The molecule has 5 nitrogen and oxygen atoms in total. The van der Waals surface area contributed by atoms with Crippen LogP contribution in [0.1, 0.15) is 0 Å². The summed E-state index contributed by atoms with van der Waals surface area (Å²) in [5.74, 6) is 0.767. The number of nitrogens with one attached hydrogen (secondary N) is 1. The smallest absolute Gasteiger partial charge is 0.284 e. The molecule has 0 amide bonds. The van der Waals surface area contributed by atoms with Gasteiger partial charge >= 0.3 is 0 Å². The van der Waals surface area contributed by atoms with Crippen molar-refractivity contribution in [2.45, 2.75) is 0 Å². The molecule has 5 heteroatoms. The van der Waals surface area contributed by atoms with E-state index in [9.17, 15) is 4.79 Å². The molecule has 0 radical (unpaired) electrons.